The molecule has 7 heteroatoms. The number of hydrogen-bond donors (Lipinski definition) is 0. The minimum Gasteiger partial charge on any atom is -0.275 e. The molecule has 1 aromatic carbocycles. The number of aromatic nitrogens is 2. The highest BCUT2D eigenvalue weighted by atomic mass is 32.2. The predicted octanol–water partition coefficient (Wildman–Crippen LogP) is 2.87. The molecule has 124 valence electrons. The Hall–Kier alpha value is -1.73. The number of benzene rings is 1. The second kappa shape index (κ2) is 6.41. The molecular weight excluding hydrogens is 317 g/mol. The maximum Gasteiger partial charge on any atom is 0.243 e. The number of rotatable bonds is 3. The lowest BCUT2D eigenvalue weighted by atomic mass is 10.1. The summed E-state index contributed by atoms with van der Waals surface area (Å²) in [7, 11) is -1.84. The monoisotopic (exact) mass is 337 g/mol. The Kier molecular flexibility index (Phi) is 4.50. The molecule has 0 saturated carbocycles. The molecule has 0 bridgehead atoms. The molecule has 2 heterocycles. The molecule has 0 radical (unpaired) electrons. The van der Waals surface area contributed by atoms with Crippen molar-refractivity contribution in [1.29, 1.82) is 0 Å². The van der Waals surface area contributed by atoms with Crippen molar-refractivity contribution >= 4 is 10.0 Å². The third kappa shape index (κ3) is 3.30. The number of hydrogen-bond acceptors (Lipinski definition) is 3. The first-order valence-electron chi connectivity index (χ1n) is 7.74. The second-order valence-corrected chi connectivity index (χ2v) is 7.77. The fourth-order valence-electron chi connectivity index (χ4n) is 3.06. The molecular formula is C16H20FN3O2S. The van der Waals surface area contributed by atoms with Gasteiger partial charge in [0.1, 0.15) is 5.82 Å². The number of aryl methyl sites for hydroxylation is 1. The lowest BCUT2D eigenvalue weighted by Crippen LogP contribution is -2.34. The highest BCUT2D eigenvalue weighted by Crippen LogP contribution is 2.34. The lowest BCUT2D eigenvalue weighted by Gasteiger charge is -2.28. The van der Waals surface area contributed by atoms with Crippen LogP contribution in [0.15, 0.2) is 41.6 Å². The molecule has 1 aliphatic heterocycles. The van der Waals surface area contributed by atoms with Gasteiger partial charge in [0.2, 0.25) is 10.0 Å². The summed E-state index contributed by atoms with van der Waals surface area (Å²) in [6.45, 7) is 0.471. The maximum absolute atomic E-state index is 13.1. The Morgan fingerprint density at radius 3 is 2.57 bits per heavy atom. The third-order valence-corrected chi connectivity index (χ3v) is 6.16. The molecule has 1 aliphatic rings. The summed E-state index contributed by atoms with van der Waals surface area (Å²) in [5.74, 6) is -0.441. The van der Waals surface area contributed by atoms with Gasteiger partial charge in [0.05, 0.1) is 17.1 Å². The van der Waals surface area contributed by atoms with Crippen LogP contribution in [0.4, 0.5) is 4.39 Å². The van der Waals surface area contributed by atoms with E-state index in [-0.39, 0.29) is 10.9 Å². The van der Waals surface area contributed by atoms with Gasteiger partial charge in [-0.25, -0.2) is 12.8 Å². The quantitative estimate of drug-likeness (QED) is 0.865. The van der Waals surface area contributed by atoms with Gasteiger partial charge in [0.15, 0.2) is 0 Å². The number of nitrogens with zero attached hydrogens (tertiary/aromatic N) is 3. The highest BCUT2D eigenvalue weighted by Gasteiger charge is 2.33. The first kappa shape index (κ1) is 16.1. The zero-order valence-corrected chi connectivity index (χ0v) is 13.8. The molecule has 3 rings (SSSR count). The average molecular weight is 337 g/mol. The zero-order valence-electron chi connectivity index (χ0n) is 13.0. The van der Waals surface area contributed by atoms with Crippen LogP contribution in [0.3, 0.4) is 0 Å². The van der Waals surface area contributed by atoms with Crippen LogP contribution in [-0.4, -0.2) is 29.0 Å². The van der Waals surface area contributed by atoms with E-state index in [1.54, 1.807) is 15.2 Å². The zero-order chi connectivity index (χ0) is 16.4. The summed E-state index contributed by atoms with van der Waals surface area (Å²) >= 11 is 0. The molecule has 0 amide bonds. The fourth-order valence-corrected chi connectivity index (χ4v) is 4.74. The van der Waals surface area contributed by atoms with Gasteiger partial charge in [-0.1, -0.05) is 12.8 Å². The van der Waals surface area contributed by atoms with Crippen LogP contribution in [0.25, 0.3) is 0 Å². The van der Waals surface area contributed by atoms with E-state index in [1.165, 1.54) is 24.3 Å². The number of halogens is 1. The molecule has 1 saturated heterocycles. The molecule has 1 aromatic heterocycles. The molecule has 0 N–H and O–H groups in total. The minimum atomic E-state index is -3.66. The lowest BCUT2D eigenvalue weighted by molar-refractivity contribution is 0.329. The van der Waals surface area contributed by atoms with E-state index in [9.17, 15) is 12.8 Å². The predicted molar refractivity (Wildman–Crippen MR) is 84.7 cm³/mol. The third-order valence-electron chi connectivity index (χ3n) is 4.23. The van der Waals surface area contributed by atoms with Gasteiger partial charge >= 0.3 is 0 Å². The van der Waals surface area contributed by atoms with E-state index in [4.69, 9.17) is 0 Å². The van der Waals surface area contributed by atoms with Crippen LogP contribution in [-0.2, 0) is 17.1 Å². The van der Waals surface area contributed by atoms with Crippen LogP contribution >= 0.6 is 0 Å². The molecule has 0 spiro atoms. The molecule has 0 unspecified atom stereocenters. The van der Waals surface area contributed by atoms with Crippen molar-refractivity contribution in [2.24, 2.45) is 7.05 Å². The van der Waals surface area contributed by atoms with Gasteiger partial charge in [-0.05, 0) is 37.1 Å². The Bertz CT molecular complexity index is 771. The fraction of sp³-hybridized carbons (Fsp3) is 0.438. The molecule has 1 atom stereocenters. The van der Waals surface area contributed by atoms with Crippen LogP contribution in [0, 0.1) is 5.82 Å². The highest BCUT2D eigenvalue weighted by molar-refractivity contribution is 7.89. The van der Waals surface area contributed by atoms with E-state index >= 15 is 0 Å². The minimum absolute atomic E-state index is 0.134. The summed E-state index contributed by atoms with van der Waals surface area (Å²) in [5, 5.41) is 4.17. The van der Waals surface area contributed by atoms with Gasteiger partial charge < -0.3 is 0 Å². The first-order valence-corrected chi connectivity index (χ1v) is 9.18. The largest absolute Gasteiger partial charge is 0.275 e. The Labute approximate surface area is 135 Å². The van der Waals surface area contributed by atoms with Crippen molar-refractivity contribution in [3.05, 3.63) is 48.0 Å². The van der Waals surface area contributed by atoms with Gasteiger partial charge in [-0.3, -0.25) is 4.68 Å². The van der Waals surface area contributed by atoms with Crippen LogP contribution in [0.1, 0.15) is 37.3 Å². The standard InChI is InChI=1S/C16H20FN3O2S/c1-19-12-13(11-18-19)16-5-3-2-4-10-20(16)23(21,22)15-8-6-14(17)7-9-15/h6-9,11-12,16H,2-5,10H2,1H3/t16-/m1/s1. The van der Waals surface area contributed by atoms with E-state index in [0.29, 0.717) is 6.54 Å². The smallest absolute Gasteiger partial charge is 0.243 e. The van der Waals surface area contributed by atoms with Crippen molar-refractivity contribution in [2.45, 2.75) is 36.6 Å². The molecule has 0 aliphatic carbocycles. The normalized spacial score (nSPS) is 20.3. The summed E-state index contributed by atoms with van der Waals surface area (Å²) < 4.78 is 42.4. The molecule has 23 heavy (non-hydrogen) atoms. The summed E-state index contributed by atoms with van der Waals surface area (Å²) in [6.07, 6.45) is 7.18. The van der Waals surface area contributed by atoms with Crippen molar-refractivity contribution < 1.29 is 12.8 Å². The maximum atomic E-state index is 13.1. The van der Waals surface area contributed by atoms with Gasteiger partial charge in [0, 0.05) is 25.4 Å². The van der Waals surface area contributed by atoms with E-state index < -0.39 is 15.8 Å². The molecule has 2 aromatic rings. The van der Waals surface area contributed by atoms with E-state index in [0.717, 1.165) is 31.2 Å². The number of sulfonamides is 1. The van der Waals surface area contributed by atoms with Gasteiger partial charge in [-0.2, -0.15) is 9.40 Å². The molecule has 5 nitrogen and oxygen atoms in total. The Morgan fingerprint density at radius 2 is 1.91 bits per heavy atom. The SMILES string of the molecule is Cn1cc([C@H]2CCCCCN2S(=O)(=O)c2ccc(F)cc2)cn1. The summed E-state index contributed by atoms with van der Waals surface area (Å²) in [6, 6.07) is 4.81. The molecule has 1 fully saturated rings. The van der Waals surface area contributed by atoms with Gasteiger partial charge in [-0.15, -0.1) is 0 Å². The topological polar surface area (TPSA) is 55.2 Å². The van der Waals surface area contributed by atoms with Crippen LogP contribution in [0.2, 0.25) is 0 Å². The summed E-state index contributed by atoms with van der Waals surface area (Å²) in [5.41, 5.74) is 0.903. The van der Waals surface area contributed by atoms with E-state index in [1.807, 2.05) is 13.2 Å². The average Bonchev–Trinajstić information content (AvgIpc) is 2.80. The first-order chi connectivity index (χ1) is 11.0. The van der Waals surface area contributed by atoms with Crippen molar-refractivity contribution in [2.75, 3.05) is 6.54 Å². The van der Waals surface area contributed by atoms with Crippen molar-refractivity contribution in [3.8, 4) is 0 Å². The Balaban J connectivity index is 2.00. The Morgan fingerprint density at radius 1 is 1.17 bits per heavy atom. The summed E-state index contributed by atoms with van der Waals surface area (Å²) in [4.78, 5) is 0.134. The van der Waals surface area contributed by atoms with E-state index in [2.05, 4.69) is 5.10 Å². The van der Waals surface area contributed by atoms with Gasteiger partial charge in [0.25, 0.3) is 0 Å². The second-order valence-electron chi connectivity index (χ2n) is 5.88. The van der Waals surface area contributed by atoms with Crippen LogP contribution < -0.4 is 0 Å². The van der Waals surface area contributed by atoms with Crippen molar-refractivity contribution in [3.63, 3.8) is 0 Å². The van der Waals surface area contributed by atoms with Crippen LogP contribution in [0.5, 0.6) is 0 Å². The van der Waals surface area contributed by atoms with Crippen molar-refractivity contribution in [1.82, 2.24) is 14.1 Å².